The first-order valence-electron chi connectivity index (χ1n) is 8.89. The lowest BCUT2D eigenvalue weighted by Gasteiger charge is -2.32. The maximum Gasteiger partial charge on any atom is 0.144 e. The first-order chi connectivity index (χ1) is 12.4. The van der Waals surface area contributed by atoms with Crippen LogP contribution in [0.1, 0.15) is 34.8 Å². The summed E-state index contributed by atoms with van der Waals surface area (Å²) in [7, 11) is 1.99. The molecule has 0 amide bonds. The smallest absolute Gasteiger partial charge is 0.144 e. The van der Waals surface area contributed by atoms with Gasteiger partial charge >= 0.3 is 0 Å². The highest BCUT2D eigenvalue weighted by atomic mass is 16.5. The number of fused-ring (bicyclic) bond motifs is 1. The minimum atomic E-state index is -0.544. The predicted molar refractivity (Wildman–Crippen MR) is 102 cm³/mol. The fourth-order valence-corrected chi connectivity index (χ4v) is 3.89. The standard InChI is InChI=1S/C23H23NO/c1-24-17-16-22-20-14-8-9-15-21(20)23(25-22,18-10-4-2-5-11-18)19-12-6-3-7-13-19/h2-15,22,24H,16-17H2,1H3/t22-/m1/s1. The molecule has 2 nitrogen and oxygen atoms in total. The summed E-state index contributed by atoms with van der Waals surface area (Å²) < 4.78 is 6.85. The maximum atomic E-state index is 6.85. The van der Waals surface area contributed by atoms with Gasteiger partial charge in [0, 0.05) is 0 Å². The summed E-state index contributed by atoms with van der Waals surface area (Å²) in [6.45, 7) is 0.929. The Morgan fingerprint density at radius 2 is 1.36 bits per heavy atom. The van der Waals surface area contributed by atoms with Gasteiger partial charge in [-0.05, 0) is 42.3 Å². The minimum Gasteiger partial charge on any atom is -0.353 e. The highest BCUT2D eigenvalue weighted by Gasteiger charge is 2.47. The van der Waals surface area contributed by atoms with Crippen molar-refractivity contribution in [1.29, 1.82) is 0 Å². The molecule has 4 rings (SSSR count). The van der Waals surface area contributed by atoms with Crippen molar-refractivity contribution in [2.75, 3.05) is 13.6 Å². The van der Waals surface area contributed by atoms with Crippen molar-refractivity contribution in [3.8, 4) is 0 Å². The van der Waals surface area contributed by atoms with E-state index in [0.29, 0.717) is 0 Å². The Bertz CT molecular complexity index is 789. The van der Waals surface area contributed by atoms with E-state index in [1.54, 1.807) is 0 Å². The molecule has 1 heterocycles. The number of ether oxygens (including phenoxy) is 1. The molecule has 1 aliphatic rings. The van der Waals surface area contributed by atoms with Gasteiger partial charge in [0.25, 0.3) is 0 Å². The van der Waals surface area contributed by atoms with Gasteiger partial charge in [0.05, 0.1) is 6.10 Å². The maximum absolute atomic E-state index is 6.85. The molecule has 0 saturated carbocycles. The highest BCUT2D eigenvalue weighted by molar-refractivity contribution is 5.53. The topological polar surface area (TPSA) is 21.3 Å². The summed E-state index contributed by atoms with van der Waals surface area (Å²) >= 11 is 0. The van der Waals surface area contributed by atoms with Crippen LogP contribution in [-0.2, 0) is 10.3 Å². The van der Waals surface area contributed by atoms with E-state index >= 15 is 0 Å². The van der Waals surface area contributed by atoms with Gasteiger partial charge in [0.15, 0.2) is 0 Å². The highest BCUT2D eigenvalue weighted by Crippen LogP contribution is 2.52. The van der Waals surface area contributed by atoms with Crippen LogP contribution in [0.5, 0.6) is 0 Å². The third-order valence-electron chi connectivity index (χ3n) is 5.02. The molecular formula is C23H23NO. The Morgan fingerprint density at radius 1 is 0.800 bits per heavy atom. The van der Waals surface area contributed by atoms with Crippen molar-refractivity contribution in [2.45, 2.75) is 18.1 Å². The number of benzene rings is 3. The van der Waals surface area contributed by atoms with Gasteiger partial charge in [-0.1, -0.05) is 84.9 Å². The van der Waals surface area contributed by atoms with E-state index in [0.717, 1.165) is 13.0 Å². The second-order valence-electron chi connectivity index (χ2n) is 6.50. The molecule has 1 atom stereocenters. The lowest BCUT2D eigenvalue weighted by atomic mass is 9.80. The average Bonchev–Trinajstić information content (AvgIpc) is 3.03. The summed E-state index contributed by atoms with van der Waals surface area (Å²) in [5.41, 5.74) is 4.37. The first kappa shape index (κ1) is 16.1. The van der Waals surface area contributed by atoms with E-state index in [1.165, 1.54) is 22.3 Å². The molecular weight excluding hydrogens is 306 g/mol. The molecule has 0 spiro atoms. The van der Waals surface area contributed by atoms with Gasteiger partial charge in [0.1, 0.15) is 5.60 Å². The van der Waals surface area contributed by atoms with Crippen LogP contribution < -0.4 is 5.32 Å². The van der Waals surface area contributed by atoms with Crippen LogP contribution in [-0.4, -0.2) is 13.6 Å². The molecule has 0 fully saturated rings. The molecule has 1 aliphatic heterocycles. The van der Waals surface area contributed by atoms with E-state index < -0.39 is 5.60 Å². The van der Waals surface area contributed by atoms with Crippen LogP contribution in [0.2, 0.25) is 0 Å². The lowest BCUT2D eigenvalue weighted by molar-refractivity contribution is -0.0258. The monoisotopic (exact) mass is 329 g/mol. The van der Waals surface area contributed by atoms with Crippen LogP contribution in [0.25, 0.3) is 0 Å². The van der Waals surface area contributed by atoms with Gasteiger partial charge in [-0.15, -0.1) is 0 Å². The first-order valence-corrected chi connectivity index (χ1v) is 8.89. The fourth-order valence-electron chi connectivity index (χ4n) is 3.89. The molecule has 0 saturated heterocycles. The Morgan fingerprint density at radius 3 is 1.96 bits per heavy atom. The van der Waals surface area contributed by atoms with Crippen LogP contribution in [0, 0.1) is 0 Å². The Kier molecular flexibility index (Phi) is 4.39. The average molecular weight is 329 g/mol. The molecule has 25 heavy (non-hydrogen) atoms. The number of nitrogens with one attached hydrogen (secondary N) is 1. The Labute approximate surface area is 149 Å². The van der Waals surface area contributed by atoms with Gasteiger partial charge in [-0.2, -0.15) is 0 Å². The van der Waals surface area contributed by atoms with Crippen molar-refractivity contribution in [2.24, 2.45) is 0 Å². The summed E-state index contributed by atoms with van der Waals surface area (Å²) in [5.74, 6) is 0. The zero-order valence-electron chi connectivity index (χ0n) is 14.5. The van der Waals surface area contributed by atoms with Crippen LogP contribution in [0.4, 0.5) is 0 Å². The van der Waals surface area contributed by atoms with Crippen molar-refractivity contribution < 1.29 is 4.74 Å². The molecule has 126 valence electrons. The normalized spacial score (nSPS) is 18.0. The van der Waals surface area contributed by atoms with Crippen molar-refractivity contribution in [1.82, 2.24) is 5.32 Å². The number of rotatable bonds is 5. The van der Waals surface area contributed by atoms with Gasteiger partial charge < -0.3 is 10.1 Å². The second-order valence-corrected chi connectivity index (χ2v) is 6.50. The molecule has 0 aliphatic carbocycles. The van der Waals surface area contributed by atoms with Gasteiger partial charge in [-0.3, -0.25) is 0 Å². The Balaban J connectivity index is 1.93. The van der Waals surface area contributed by atoms with Crippen LogP contribution in [0.15, 0.2) is 84.9 Å². The molecule has 0 unspecified atom stereocenters. The Hall–Kier alpha value is -2.42. The van der Waals surface area contributed by atoms with E-state index in [2.05, 4.69) is 90.2 Å². The summed E-state index contributed by atoms with van der Waals surface area (Å²) in [6.07, 6.45) is 1.04. The summed E-state index contributed by atoms with van der Waals surface area (Å²) in [6, 6.07) is 29.8. The van der Waals surface area contributed by atoms with Crippen molar-refractivity contribution in [3.63, 3.8) is 0 Å². The lowest BCUT2D eigenvalue weighted by Crippen LogP contribution is -2.29. The zero-order valence-corrected chi connectivity index (χ0v) is 14.5. The summed E-state index contributed by atoms with van der Waals surface area (Å²) in [4.78, 5) is 0. The minimum absolute atomic E-state index is 0.0871. The largest absolute Gasteiger partial charge is 0.353 e. The quantitative estimate of drug-likeness (QED) is 0.735. The van der Waals surface area contributed by atoms with Crippen LogP contribution >= 0.6 is 0 Å². The second kappa shape index (κ2) is 6.83. The van der Waals surface area contributed by atoms with Crippen molar-refractivity contribution >= 4 is 0 Å². The number of hydrogen-bond donors (Lipinski definition) is 1. The predicted octanol–water partition coefficient (Wildman–Crippen LogP) is 4.66. The third-order valence-corrected chi connectivity index (χ3v) is 5.02. The molecule has 3 aromatic rings. The molecule has 2 heteroatoms. The SMILES string of the molecule is CNCC[C@H]1OC(c2ccccc2)(c2ccccc2)c2ccccc21. The molecule has 0 bridgehead atoms. The van der Waals surface area contributed by atoms with E-state index in [9.17, 15) is 0 Å². The van der Waals surface area contributed by atoms with E-state index in [1.807, 2.05) is 7.05 Å². The molecule has 0 radical (unpaired) electrons. The fraction of sp³-hybridized carbons (Fsp3) is 0.217. The molecule has 3 aromatic carbocycles. The number of hydrogen-bond acceptors (Lipinski definition) is 2. The van der Waals surface area contributed by atoms with Crippen LogP contribution in [0.3, 0.4) is 0 Å². The third kappa shape index (κ3) is 2.68. The van der Waals surface area contributed by atoms with E-state index in [-0.39, 0.29) is 6.10 Å². The molecule has 1 N–H and O–H groups in total. The molecule has 0 aromatic heterocycles. The van der Waals surface area contributed by atoms with Gasteiger partial charge in [-0.25, -0.2) is 0 Å². The van der Waals surface area contributed by atoms with Crippen molar-refractivity contribution in [3.05, 3.63) is 107 Å². The summed E-state index contributed by atoms with van der Waals surface area (Å²) in [5, 5.41) is 3.25. The van der Waals surface area contributed by atoms with E-state index in [4.69, 9.17) is 4.74 Å². The van der Waals surface area contributed by atoms with Gasteiger partial charge in [0.2, 0.25) is 0 Å². The zero-order chi connectivity index (χ0) is 17.1.